The van der Waals surface area contributed by atoms with Crippen LogP contribution in [0.4, 0.5) is 0 Å². The second-order valence-corrected chi connectivity index (χ2v) is 4.76. The number of Topliss-reactive ketones (excluding diaryl/α,β-unsaturated/α-hetero) is 1. The topological polar surface area (TPSA) is 32.7 Å². The molecule has 2 heterocycles. The molecule has 0 spiro atoms. The van der Waals surface area contributed by atoms with E-state index >= 15 is 0 Å². The fourth-order valence-corrected chi connectivity index (χ4v) is 2.45. The summed E-state index contributed by atoms with van der Waals surface area (Å²) in [6.07, 6.45) is 4.78. The summed E-state index contributed by atoms with van der Waals surface area (Å²) >= 11 is 0. The average molecular weight is 240 g/mol. The summed E-state index contributed by atoms with van der Waals surface area (Å²) in [6, 6.07) is 9.89. The number of carbonyl (C=O) groups excluding carboxylic acids is 1. The Morgan fingerprint density at radius 3 is 2.56 bits per heavy atom. The van der Waals surface area contributed by atoms with E-state index in [-0.39, 0.29) is 5.78 Å². The summed E-state index contributed by atoms with van der Waals surface area (Å²) in [5.74, 6) is 1.10. The van der Waals surface area contributed by atoms with E-state index in [0.29, 0.717) is 12.1 Å². The van der Waals surface area contributed by atoms with Crippen molar-refractivity contribution in [3.63, 3.8) is 0 Å². The van der Waals surface area contributed by atoms with Crippen molar-refractivity contribution in [1.29, 1.82) is 0 Å². The van der Waals surface area contributed by atoms with Crippen LogP contribution in [0.25, 0.3) is 6.08 Å². The molecule has 0 bridgehead atoms. The average Bonchev–Trinajstić information content (AvgIpc) is 3.01. The molecule has 0 atom stereocenters. The Labute approximate surface area is 107 Å². The first-order chi connectivity index (χ1) is 8.83. The van der Waals surface area contributed by atoms with Crippen LogP contribution in [0, 0.1) is 0 Å². The van der Waals surface area contributed by atoms with Gasteiger partial charge in [-0.1, -0.05) is 30.3 Å². The first-order valence-corrected chi connectivity index (χ1v) is 6.45. The Morgan fingerprint density at radius 1 is 1.11 bits per heavy atom. The molecule has 0 unspecified atom stereocenters. The third-order valence-electron chi connectivity index (χ3n) is 3.43. The van der Waals surface area contributed by atoms with Crippen molar-refractivity contribution >= 4 is 17.7 Å². The largest absolute Gasteiger partial charge is 0.360 e. The standard InChI is InChI=1S/C15H16N2O/c18-14-11-15(17-8-4-5-9-17)16-13(14)10-12-6-2-1-3-7-12/h1-3,6-7,10H,4-5,8-9,11H2/b13-10-. The minimum absolute atomic E-state index is 0.140. The highest BCUT2D eigenvalue weighted by atomic mass is 16.1. The quantitative estimate of drug-likeness (QED) is 0.706. The Hall–Kier alpha value is -1.90. The van der Waals surface area contributed by atoms with Gasteiger partial charge in [0, 0.05) is 13.1 Å². The van der Waals surface area contributed by atoms with Crippen LogP contribution >= 0.6 is 0 Å². The minimum atomic E-state index is 0.140. The fraction of sp³-hybridized carbons (Fsp3) is 0.333. The number of nitrogens with zero attached hydrogens (tertiary/aromatic N) is 2. The molecular weight excluding hydrogens is 224 g/mol. The van der Waals surface area contributed by atoms with Crippen molar-refractivity contribution in [3.8, 4) is 0 Å². The van der Waals surface area contributed by atoms with Gasteiger partial charge < -0.3 is 4.90 Å². The molecule has 2 aliphatic heterocycles. The molecule has 1 saturated heterocycles. The minimum Gasteiger partial charge on any atom is -0.360 e. The Morgan fingerprint density at radius 2 is 1.83 bits per heavy atom. The fourth-order valence-electron chi connectivity index (χ4n) is 2.45. The summed E-state index contributed by atoms with van der Waals surface area (Å²) in [5, 5.41) is 0. The second-order valence-electron chi connectivity index (χ2n) is 4.76. The van der Waals surface area contributed by atoms with E-state index in [9.17, 15) is 4.79 Å². The number of amidine groups is 1. The van der Waals surface area contributed by atoms with Gasteiger partial charge in [0.05, 0.1) is 6.42 Å². The molecule has 0 amide bonds. The third-order valence-corrected chi connectivity index (χ3v) is 3.43. The number of allylic oxidation sites excluding steroid dienone is 1. The highest BCUT2D eigenvalue weighted by Crippen LogP contribution is 2.21. The number of likely N-dealkylation sites (tertiary alicyclic amines) is 1. The van der Waals surface area contributed by atoms with Crippen LogP contribution in [-0.4, -0.2) is 29.6 Å². The molecule has 1 fully saturated rings. The van der Waals surface area contributed by atoms with Gasteiger partial charge in [-0.3, -0.25) is 4.79 Å². The molecule has 92 valence electrons. The van der Waals surface area contributed by atoms with Crippen LogP contribution in [0.5, 0.6) is 0 Å². The van der Waals surface area contributed by atoms with Gasteiger partial charge in [-0.05, 0) is 24.5 Å². The van der Waals surface area contributed by atoms with E-state index in [1.54, 1.807) is 0 Å². The van der Waals surface area contributed by atoms with Gasteiger partial charge in [0.15, 0.2) is 5.78 Å². The van der Waals surface area contributed by atoms with Crippen molar-refractivity contribution < 1.29 is 4.79 Å². The summed E-state index contributed by atoms with van der Waals surface area (Å²) < 4.78 is 0. The maximum atomic E-state index is 11.9. The van der Waals surface area contributed by atoms with Gasteiger partial charge in [-0.25, -0.2) is 4.99 Å². The lowest BCUT2D eigenvalue weighted by Crippen LogP contribution is -2.26. The maximum Gasteiger partial charge on any atom is 0.188 e. The van der Waals surface area contributed by atoms with Crippen LogP contribution in [0.2, 0.25) is 0 Å². The smallest absolute Gasteiger partial charge is 0.188 e. The highest BCUT2D eigenvalue weighted by molar-refractivity contribution is 6.16. The Bertz CT molecular complexity index is 511. The lowest BCUT2D eigenvalue weighted by molar-refractivity contribution is -0.114. The molecule has 0 radical (unpaired) electrons. The summed E-state index contributed by atoms with van der Waals surface area (Å²) in [5.41, 5.74) is 1.63. The van der Waals surface area contributed by atoms with Gasteiger partial charge >= 0.3 is 0 Å². The predicted octanol–water partition coefficient (Wildman–Crippen LogP) is 2.49. The number of hydrogen-bond donors (Lipinski definition) is 0. The van der Waals surface area contributed by atoms with E-state index in [2.05, 4.69) is 9.89 Å². The van der Waals surface area contributed by atoms with E-state index < -0.39 is 0 Å². The van der Waals surface area contributed by atoms with Crippen LogP contribution in [0.1, 0.15) is 24.8 Å². The van der Waals surface area contributed by atoms with E-state index in [4.69, 9.17) is 0 Å². The Balaban J connectivity index is 1.84. The molecule has 18 heavy (non-hydrogen) atoms. The van der Waals surface area contributed by atoms with Crippen LogP contribution < -0.4 is 0 Å². The van der Waals surface area contributed by atoms with E-state index in [1.807, 2.05) is 36.4 Å². The van der Waals surface area contributed by atoms with Crippen molar-refractivity contribution in [2.75, 3.05) is 13.1 Å². The molecule has 0 N–H and O–H groups in total. The van der Waals surface area contributed by atoms with Crippen LogP contribution in [0.15, 0.2) is 41.0 Å². The van der Waals surface area contributed by atoms with Crippen LogP contribution in [0.3, 0.4) is 0 Å². The molecular formula is C15H16N2O. The lowest BCUT2D eigenvalue weighted by Gasteiger charge is -2.15. The zero-order valence-corrected chi connectivity index (χ0v) is 10.3. The van der Waals surface area contributed by atoms with Gasteiger partial charge in [0.1, 0.15) is 11.5 Å². The molecule has 1 aromatic carbocycles. The predicted molar refractivity (Wildman–Crippen MR) is 72.3 cm³/mol. The van der Waals surface area contributed by atoms with Crippen molar-refractivity contribution in [2.45, 2.75) is 19.3 Å². The van der Waals surface area contributed by atoms with Crippen molar-refractivity contribution in [1.82, 2.24) is 4.90 Å². The second kappa shape index (κ2) is 4.77. The van der Waals surface area contributed by atoms with Gasteiger partial charge in [0.2, 0.25) is 0 Å². The van der Waals surface area contributed by atoms with E-state index in [1.165, 1.54) is 12.8 Å². The molecule has 2 aliphatic rings. The highest BCUT2D eigenvalue weighted by Gasteiger charge is 2.26. The van der Waals surface area contributed by atoms with Crippen molar-refractivity contribution in [3.05, 3.63) is 41.6 Å². The zero-order chi connectivity index (χ0) is 12.4. The Kier molecular flexibility index (Phi) is 2.97. The van der Waals surface area contributed by atoms with Gasteiger partial charge in [-0.2, -0.15) is 0 Å². The monoisotopic (exact) mass is 240 g/mol. The number of ketones is 1. The van der Waals surface area contributed by atoms with Gasteiger partial charge in [0.25, 0.3) is 0 Å². The van der Waals surface area contributed by atoms with Crippen LogP contribution in [-0.2, 0) is 4.79 Å². The first-order valence-electron chi connectivity index (χ1n) is 6.45. The first kappa shape index (κ1) is 11.2. The number of rotatable bonds is 1. The molecule has 3 rings (SSSR count). The van der Waals surface area contributed by atoms with Crippen molar-refractivity contribution in [2.24, 2.45) is 4.99 Å². The molecule has 0 saturated carbocycles. The number of hydrogen-bond acceptors (Lipinski definition) is 3. The molecule has 1 aromatic rings. The third kappa shape index (κ3) is 2.21. The molecule has 0 aromatic heterocycles. The number of aliphatic imine (C=N–C) groups is 1. The summed E-state index contributed by atoms with van der Waals surface area (Å²) in [4.78, 5) is 18.7. The van der Waals surface area contributed by atoms with E-state index in [0.717, 1.165) is 24.5 Å². The SMILES string of the molecule is O=C1CC(N2CCCC2)=N/C1=C\c1ccccc1. The maximum absolute atomic E-state index is 11.9. The normalized spacial score (nSPS) is 21.8. The lowest BCUT2D eigenvalue weighted by atomic mass is 10.1. The number of carbonyl (C=O) groups is 1. The summed E-state index contributed by atoms with van der Waals surface area (Å²) in [7, 11) is 0. The molecule has 3 nitrogen and oxygen atoms in total. The molecule has 0 aliphatic carbocycles. The zero-order valence-electron chi connectivity index (χ0n) is 10.3. The number of benzene rings is 1. The molecule has 3 heteroatoms. The summed E-state index contributed by atoms with van der Waals surface area (Å²) in [6.45, 7) is 2.09. The van der Waals surface area contributed by atoms with Gasteiger partial charge in [-0.15, -0.1) is 0 Å².